The van der Waals surface area contributed by atoms with Crippen molar-refractivity contribution in [3.05, 3.63) is 12.2 Å². The van der Waals surface area contributed by atoms with Gasteiger partial charge in [0.05, 0.1) is 25.4 Å². The number of hydrogen-bond donors (Lipinski definition) is 3. The van der Waals surface area contributed by atoms with Crippen LogP contribution in [-0.2, 0) is 14.3 Å². The van der Waals surface area contributed by atoms with E-state index in [1.165, 1.54) is 225 Å². The van der Waals surface area contributed by atoms with Crippen molar-refractivity contribution in [3.63, 3.8) is 0 Å². The Kier molecular flexibility index (Phi) is 52.0. The molecule has 0 aromatic heterocycles. The third-order valence-corrected chi connectivity index (χ3v) is 13.3. The number of ether oxygens (including phenoxy) is 1. The van der Waals surface area contributed by atoms with Crippen LogP contribution in [0.4, 0.5) is 0 Å². The van der Waals surface area contributed by atoms with Crippen molar-refractivity contribution in [3.8, 4) is 0 Å². The summed E-state index contributed by atoms with van der Waals surface area (Å²) in [6.45, 7) is 4.91. The maximum absolute atomic E-state index is 12.5. The van der Waals surface area contributed by atoms with Gasteiger partial charge in [0.2, 0.25) is 5.91 Å². The van der Waals surface area contributed by atoms with Crippen molar-refractivity contribution in [2.45, 2.75) is 328 Å². The summed E-state index contributed by atoms with van der Waals surface area (Å²) in [5, 5.41) is 23.3. The zero-order chi connectivity index (χ0) is 45.8. The molecule has 2 unspecified atom stereocenters. The van der Waals surface area contributed by atoms with Gasteiger partial charge in [-0.2, -0.15) is 0 Å². The Morgan fingerprint density at radius 2 is 0.746 bits per heavy atom. The summed E-state index contributed by atoms with van der Waals surface area (Å²) in [6.07, 6.45) is 61.9. The number of unbranched alkanes of at least 4 members (excludes halogenated alkanes) is 40. The Morgan fingerprint density at radius 1 is 0.429 bits per heavy atom. The van der Waals surface area contributed by atoms with Crippen LogP contribution in [0.25, 0.3) is 0 Å². The van der Waals surface area contributed by atoms with E-state index in [4.69, 9.17) is 4.74 Å². The number of carbonyl (C=O) groups excluding carboxylic acids is 2. The summed E-state index contributed by atoms with van der Waals surface area (Å²) in [5.41, 5.74) is 0. The normalized spacial score (nSPS) is 12.6. The Balaban J connectivity index is 3.47. The van der Waals surface area contributed by atoms with Crippen LogP contribution in [0.2, 0.25) is 0 Å². The number of amides is 1. The molecule has 1 amide bonds. The third-order valence-electron chi connectivity index (χ3n) is 13.3. The molecule has 6 nitrogen and oxygen atoms in total. The molecule has 0 aliphatic carbocycles. The minimum Gasteiger partial charge on any atom is -0.466 e. The molecule has 0 aliphatic heterocycles. The van der Waals surface area contributed by atoms with Crippen LogP contribution in [0.1, 0.15) is 316 Å². The average molecular weight is 891 g/mol. The van der Waals surface area contributed by atoms with Gasteiger partial charge in [-0.1, -0.05) is 264 Å². The lowest BCUT2D eigenvalue weighted by Gasteiger charge is -2.22. The van der Waals surface area contributed by atoms with E-state index in [0.717, 1.165) is 57.8 Å². The van der Waals surface area contributed by atoms with E-state index >= 15 is 0 Å². The fourth-order valence-electron chi connectivity index (χ4n) is 8.93. The summed E-state index contributed by atoms with van der Waals surface area (Å²) in [6, 6.07) is -0.559. The number of hydrogen-bond acceptors (Lipinski definition) is 5. The standard InChI is InChI=1S/C57H111NO5/c1-3-5-7-9-11-13-15-17-19-20-21-22-23-24-26-27-29-33-37-41-45-49-55(60)54(53-59)58-56(61)50-46-42-38-34-31-32-36-40-44-48-52-63-57(62)51-47-43-39-35-30-28-25-18-16-14-12-10-8-6-4-2/h18,25,54-55,59-60H,3-17,19-24,26-53H2,1-2H3,(H,58,61)/b25-18-. The van der Waals surface area contributed by atoms with Crippen LogP contribution in [-0.4, -0.2) is 47.4 Å². The number of rotatable bonds is 53. The third kappa shape index (κ3) is 49.9. The summed E-state index contributed by atoms with van der Waals surface area (Å²) >= 11 is 0. The van der Waals surface area contributed by atoms with Gasteiger partial charge in [-0.15, -0.1) is 0 Å². The van der Waals surface area contributed by atoms with Crippen LogP contribution < -0.4 is 5.32 Å². The van der Waals surface area contributed by atoms with Crippen LogP contribution in [0.5, 0.6) is 0 Å². The second-order valence-electron chi connectivity index (χ2n) is 19.6. The molecule has 374 valence electrons. The Morgan fingerprint density at radius 3 is 1.13 bits per heavy atom. The van der Waals surface area contributed by atoms with Gasteiger partial charge in [0, 0.05) is 12.8 Å². The molecule has 6 heteroatoms. The topological polar surface area (TPSA) is 95.9 Å². The Bertz CT molecular complexity index is 939. The summed E-state index contributed by atoms with van der Waals surface area (Å²) in [4.78, 5) is 24.5. The van der Waals surface area contributed by atoms with Gasteiger partial charge < -0.3 is 20.3 Å². The zero-order valence-electron chi connectivity index (χ0n) is 42.6. The lowest BCUT2D eigenvalue weighted by Crippen LogP contribution is -2.45. The highest BCUT2D eigenvalue weighted by Crippen LogP contribution is 2.17. The van der Waals surface area contributed by atoms with E-state index in [2.05, 4.69) is 31.3 Å². The minimum absolute atomic E-state index is 0.0256. The smallest absolute Gasteiger partial charge is 0.305 e. The molecule has 0 rings (SSSR count). The predicted molar refractivity (Wildman–Crippen MR) is 273 cm³/mol. The molecule has 0 aliphatic rings. The van der Waals surface area contributed by atoms with Gasteiger partial charge in [-0.25, -0.2) is 0 Å². The summed E-state index contributed by atoms with van der Waals surface area (Å²) < 4.78 is 5.46. The molecule has 0 spiro atoms. The van der Waals surface area contributed by atoms with Crippen LogP contribution in [0.3, 0.4) is 0 Å². The number of aliphatic hydroxyl groups is 2. The first kappa shape index (κ1) is 61.6. The second-order valence-corrected chi connectivity index (χ2v) is 19.6. The van der Waals surface area contributed by atoms with Gasteiger partial charge in [0.25, 0.3) is 0 Å². The number of nitrogens with one attached hydrogen (secondary N) is 1. The average Bonchev–Trinajstić information content (AvgIpc) is 3.28. The monoisotopic (exact) mass is 890 g/mol. The fourth-order valence-corrected chi connectivity index (χ4v) is 8.93. The number of allylic oxidation sites excluding steroid dienone is 2. The molecule has 0 aromatic rings. The van der Waals surface area contributed by atoms with Crippen LogP contribution >= 0.6 is 0 Å². The van der Waals surface area contributed by atoms with Crippen molar-refractivity contribution in [2.75, 3.05) is 13.2 Å². The van der Waals surface area contributed by atoms with E-state index in [1.54, 1.807) is 0 Å². The van der Waals surface area contributed by atoms with Gasteiger partial charge in [0.1, 0.15) is 0 Å². The molecule has 2 atom stereocenters. The lowest BCUT2D eigenvalue weighted by atomic mass is 10.0. The lowest BCUT2D eigenvalue weighted by molar-refractivity contribution is -0.143. The first-order chi connectivity index (χ1) is 31.0. The van der Waals surface area contributed by atoms with E-state index in [0.29, 0.717) is 25.9 Å². The molecule has 3 N–H and O–H groups in total. The number of carbonyl (C=O) groups is 2. The zero-order valence-corrected chi connectivity index (χ0v) is 42.6. The van der Waals surface area contributed by atoms with E-state index in [-0.39, 0.29) is 18.5 Å². The van der Waals surface area contributed by atoms with Crippen molar-refractivity contribution < 1.29 is 24.5 Å². The quantitative estimate of drug-likeness (QED) is 0.0321. The van der Waals surface area contributed by atoms with Gasteiger partial charge in [0.15, 0.2) is 0 Å². The fraction of sp³-hybridized carbons (Fsp3) is 0.930. The molecule has 0 saturated carbocycles. The molecule has 0 aromatic carbocycles. The molecule has 0 fully saturated rings. The summed E-state index contributed by atoms with van der Waals surface area (Å²) in [7, 11) is 0. The molecule has 0 radical (unpaired) electrons. The predicted octanol–water partition coefficient (Wildman–Crippen LogP) is 17.3. The van der Waals surface area contributed by atoms with Crippen LogP contribution in [0, 0.1) is 0 Å². The maximum Gasteiger partial charge on any atom is 0.305 e. The number of aliphatic hydroxyl groups excluding tert-OH is 2. The molecular weight excluding hydrogens is 779 g/mol. The largest absolute Gasteiger partial charge is 0.466 e. The molecular formula is C57H111NO5. The molecule has 63 heavy (non-hydrogen) atoms. The second kappa shape index (κ2) is 53.2. The first-order valence-corrected chi connectivity index (χ1v) is 28.4. The highest BCUT2D eigenvalue weighted by molar-refractivity contribution is 5.76. The SMILES string of the molecule is CCCCCCCC/C=C\CCCCCCCC(=O)OCCCCCCCCCCCCC(=O)NC(CO)C(O)CCCCCCCCCCCCCCCCCCCCCCC. The van der Waals surface area contributed by atoms with Crippen LogP contribution in [0.15, 0.2) is 12.2 Å². The van der Waals surface area contributed by atoms with Gasteiger partial charge >= 0.3 is 5.97 Å². The van der Waals surface area contributed by atoms with Crippen molar-refractivity contribution >= 4 is 11.9 Å². The Hall–Kier alpha value is -1.40. The minimum atomic E-state index is -0.679. The summed E-state index contributed by atoms with van der Waals surface area (Å²) in [5.74, 6) is -0.0806. The van der Waals surface area contributed by atoms with Gasteiger partial charge in [-0.3, -0.25) is 9.59 Å². The van der Waals surface area contributed by atoms with E-state index < -0.39 is 12.1 Å². The highest BCUT2D eigenvalue weighted by Gasteiger charge is 2.20. The van der Waals surface area contributed by atoms with Crippen molar-refractivity contribution in [2.24, 2.45) is 0 Å². The molecule has 0 heterocycles. The van der Waals surface area contributed by atoms with E-state index in [1.807, 2.05) is 0 Å². The maximum atomic E-state index is 12.5. The van der Waals surface area contributed by atoms with E-state index in [9.17, 15) is 19.8 Å². The van der Waals surface area contributed by atoms with Crippen molar-refractivity contribution in [1.82, 2.24) is 5.32 Å². The molecule has 0 bridgehead atoms. The molecule has 0 saturated heterocycles. The Labute approximate surface area is 393 Å². The number of esters is 1. The van der Waals surface area contributed by atoms with Gasteiger partial charge in [-0.05, 0) is 51.4 Å². The first-order valence-electron chi connectivity index (χ1n) is 28.4. The van der Waals surface area contributed by atoms with Crippen molar-refractivity contribution in [1.29, 1.82) is 0 Å². The highest BCUT2D eigenvalue weighted by atomic mass is 16.5.